The summed E-state index contributed by atoms with van der Waals surface area (Å²) in [6, 6.07) is 1.78. The highest BCUT2D eigenvalue weighted by Gasteiger charge is 2.71. The van der Waals surface area contributed by atoms with Crippen LogP contribution in [0.5, 0.6) is 0 Å². The van der Waals surface area contributed by atoms with Crippen LogP contribution < -0.4 is 0 Å². The third-order valence-electron chi connectivity index (χ3n) is 8.41. The number of ketones is 1. The van der Waals surface area contributed by atoms with E-state index in [0.29, 0.717) is 11.8 Å². The van der Waals surface area contributed by atoms with E-state index in [9.17, 15) is 23.9 Å². The van der Waals surface area contributed by atoms with Crippen molar-refractivity contribution in [2.75, 3.05) is 6.01 Å². The van der Waals surface area contributed by atoms with Gasteiger partial charge in [-0.1, -0.05) is 13.0 Å². The zero-order valence-corrected chi connectivity index (χ0v) is 19.7. The zero-order chi connectivity index (χ0) is 25.1. The summed E-state index contributed by atoms with van der Waals surface area (Å²) in [6.07, 6.45) is 1.33. The van der Waals surface area contributed by atoms with E-state index in [0.717, 1.165) is 6.08 Å². The molecule has 0 radical (unpaired) electrons. The molecule has 1 aromatic heterocycles. The van der Waals surface area contributed by atoms with E-state index in [1.54, 1.807) is 6.92 Å². The molecule has 1 N–H and O–H groups in total. The smallest absolute Gasteiger partial charge is 0.375 e. The van der Waals surface area contributed by atoms with Gasteiger partial charge in [-0.15, -0.1) is 0 Å². The number of rotatable bonds is 4. The molecule has 10 heteroatoms. The normalized spacial score (nSPS) is 42.0. The van der Waals surface area contributed by atoms with E-state index in [1.807, 2.05) is 0 Å². The number of halogens is 3. The summed E-state index contributed by atoms with van der Waals surface area (Å²) in [5.41, 5.74) is -4.09. The molecule has 4 aliphatic carbocycles. The number of hydrogen-bond donors (Lipinski definition) is 1. The van der Waals surface area contributed by atoms with Gasteiger partial charge in [-0.2, -0.15) is 0 Å². The average molecular weight is 511 g/mol. The molecule has 0 saturated heterocycles. The monoisotopic (exact) mass is 510 g/mol. The Morgan fingerprint density at radius 3 is 2.74 bits per heavy atom. The van der Waals surface area contributed by atoms with Crippen LogP contribution in [-0.2, 0) is 14.3 Å². The molecule has 0 spiro atoms. The molecule has 6 nitrogen and oxygen atoms in total. The summed E-state index contributed by atoms with van der Waals surface area (Å²) < 4.78 is 56.2. The predicted octanol–water partition coefficient (Wildman–Crippen LogP) is 4.15. The fourth-order valence-corrected chi connectivity index (χ4v) is 7.72. The minimum absolute atomic E-state index is 0.0133. The van der Waals surface area contributed by atoms with Crippen molar-refractivity contribution in [3.05, 3.63) is 48.0 Å². The molecule has 188 valence electrons. The number of alkyl halides is 3. The first-order valence-electron chi connectivity index (χ1n) is 11.6. The van der Waals surface area contributed by atoms with Gasteiger partial charge in [0.2, 0.25) is 10.9 Å². The van der Waals surface area contributed by atoms with Crippen molar-refractivity contribution in [3.63, 3.8) is 0 Å². The molecule has 0 bridgehead atoms. The molecule has 35 heavy (non-hydrogen) atoms. The van der Waals surface area contributed by atoms with Crippen molar-refractivity contribution in [1.82, 2.24) is 0 Å². The maximum absolute atomic E-state index is 16.8. The van der Waals surface area contributed by atoms with E-state index in [1.165, 1.54) is 30.5 Å². The molecule has 3 saturated carbocycles. The van der Waals surface area contributed by atoms with Crippen LogP contribution >= 0.6 is 11.8 Å². The molecule has 9 atom stereocenters. The van der Waals surface area contributed by atoms with Crippen LogP contribution in [0.4, 0.5) is 13.2 Å². The van der Waals surface area contributed by atoms with Crippen LogP contribution in [0.15, 0.2) is 46.6 Å². The van der Waals surface area contributed by atoms with Gasteiger partial charge in [0.1, 0.15) is 17.8 Å². The van der Waals surface area contributed by atoms with Crippen LogP contribution in [-0.4, -0.2) is 51.5 Å². The molecule has 3 fully saturated rings. The van der Waals surface area contributed by atoms with Crippen molar-refractivity contribution < 1.29 is 41.8 Å². The van der Waals surface area contributed by atoms with Crippen LogP contribution in [0.25, 0.3) is 0 Å². The highest BCUT2D eigenvalue weighted by atomic mass is 32.2. The van der Waals surface area contributed by atoms with Crippen molar-refractivity contribution in [2.45, 2.75) is 49.7 Å². The second-order valence-corrected chi connectivity index (χ2v) is 10.8. The van der Waals surface area contributed by atoms with Crippen molar-refractivity contribution in [2.24, 2.45) is 29.6 Å². The van der Waals surface area contributed by atoms with Crippen LogP contribution in [0.3, 0.4) is 0 Å². The Balaban J connectivity index is 1.56. The summed E-state index contributed by atoms with van der Waals surface area (Å²) in [5.74, 6) is -5.72. The molecular formula is C25H25F3O6S. The molecule has 9 unspecified atom stereocenters. The number of furan rings is 1. The topological polar surface area (TPSA) is 93.8 Å². The molecule has 5 rings (SSSR count). The van der Waals surface area contributed by atoms with Gasteiger partial charge in [0.15, 0.2) is 11.4 Å². The largest absolute Gasteiger partial charge is 0.457 e. The van der Waals surface area contributed by atoms with E-state index < -0.39 is 76.0 Å². The lowest BCUT2D eigenvalue weighted by atomic mass is 9.53. The SMILES string of the molecule is CC1CC2C(CC(O)C3(F)C4C=CC(=O)C=C4C(F)CC23)C1(OC(=O)c1ccco1)C(=O)SCF. The Bertz CT molecular complexity index is 1100. The Morgan fingerprint density at radius 2 is 2.06 bits per heavy atom. The third-order valence-corrected chi connectivity index (χ3v) is 9.10. The maximum atomic E-state index is 16.8. The van der Waals surface area contributed by atoms with Gasteiger partial charge >= 0.3 is 5.97 Å². The van der Waals surface area contributed by atoms with Gasteiger partial charge in [-0.25, -0.2) is 18.0 Å². The molecule has 1 heterocycles. The number of thioether (sulfide) groups is 1. The third kappa shape index (κ3) is 3.47. The zero-order valence-electron chi connectivity index (χ0n) is 18.9. The van der Waals surface area contributed by atoms with Gasteiger partial charge in [-0.3, -0.25) is 9.59 Å². The summed E-state index contributed by atoms with van der Waals surface area (Å²) in [6.45, 7) is 1.66. The molecular weight excluding hydrogens is 485 g/mol. The number of carbonyl (C=O) groups excluding carboxylic acids is 3. The van der Waals surface area contributed by atoms with Gasteiger partial charge < -0.3 is 14.3 Å². The standard InChI is InChI=1S/C25H25F3O6S/c1-12-7-14-17-9-19(27)15-8-13(29)4-5-16(15)24(17,28)21(30)10-18(14)25(12,23(32)35-11-26)34-22(31)20-3-2-6-33-20/h2-6,8,12,14,16-19,21,30H,7,9-11H2,1H3. The summed E-state index contributed by atoms with van der Waals surface area (Å²) >= 11 is 0.354. The van der Waals surface area contributed by atoms with Gasteiger partial charge in [0, 0.05) is 23.7 Å². The first-order chi connectivity index (χ1) is 16.6. The first-order valence-corrected chi connectivity index (χ1v) is 12.6. The Labute approximate surface area is 203 Å². The van der Waals surface area contributed by atoms with E-state index in [-0.39, 0.29) is 30.6 Å². The fraction of sp³-hybridized carbons (Fsp3) is 0.560. The first kappa shape index (κ1) is 24.4. The number of ether oxygens (including phenoxy) is 1. The Kier molecular flexibility index (Phi) is 6.03. The van der Waals surface area contributed by atoms with Crippen LogP contribution in [0.1, 0.15) is 36.7 Å². The van der Waals surface area contributed by atoms with Gasteiger partial charge in [-0.05, 0) is 66.8 Å². The van der Waals surface area contributed by atoms with Gasteiger partial charge in [0.05, 0.1) is 12.4 Å². The highest BCUT2D eigenvalue weighted by Crippen LogP contribution is 2.64. The Morgan fingerprint density at radius 1 is 1.29 bits per heavy atom. The number of carbonyl (C=O) groups is 3. The van der Waals surface area contributed by atoms with Crippen molar-refractivity contribution >= 4 is 28.6 Å². The second-order valence-electron chi connectivity index (χ2n) is 9.88. The number of esters is 1. The van der Waals surface area contributed by atoms with Crippen LogP contribution in [0, 0.1) is 29.6 Å². The van der Waals surface area contributed by atoms with Crippen molar-refractivity contribution in [1.29, 1.82) is 0 Å². The molecule has 0 aromatic carbocycles. The average Bonchev–Trinajstić information content (AvgIpc) is 3.44. The van der Waals surface area contributed by atoms with Crippen molar-refractivity contribution in [3.8, 4) is 0 Å². The van der Waals surface area contributed by atoms with Gasteiger partial charge in [0.25, 0.3) is 0 Å². The lowest BCUT2D eigenvalue weighted by molar-refractivity contribution is -0.176. The predicted molar refractivity (Wildman–Crippen MR) is 119 cm³/mol. The fourth-order valence-electron chi connectivity index (χ4n) is 7.00. The number of aliphatic hydroxyl groups excluding tert-OH is 1. The molecule has 1 aromatic rings. The molecule has 0 aliphatic heterocycles. The summed E-state index contributed by atoms with van der Waals surface area (Å²) in [4.78, 5) is 38.0. The van der Waals surface area contributed by atoms with Crippen LogP contribution in [0.2, 0.25) is 0 Å². The Hall–Kier alpha value is -2.33. The summed E-state index contributed by atoms with van der Waals surface area (Å²) in [5, 5.41) is 10.4. The minimum atomic E-state index is -2.26. The lowest BCUT2D eigenvalue weighted by Crippen LogP contribution is -2.64. The maximum Gasteiger partial charge on any atom is 0.375 e. The minimum Gasteiger partial charge on any atom is -0.457 e. The quantitative estimate of drug-likeness (QED) is 0.609. The molecule has 0 amide bonds. The number of allylic oxidation sites excluding steroid dienone is 4. The van der Waals surface area contributed by atoms with E-state index in [2.05, 4.69) is 0 Å². The number of hydrogen-bond acceptors (Lipinski definition) is 7. The summed E-state index contributed by atoms with van der Waals surface area (Å²) in [7, 11) is 0. The number of aliphatic hydroxyl groups is 1. The lowest BCUT2D eigenvalue weighted by Gasteiger charge is -2.56. The molecule has 4 aliphatic rings. The highest BCUT2D eigenvalue weighted by molar-refractivity contribution is 8.13. The second kappa shape index (κ2) is 8.65. The van der Waals surface area contributed by atoms with E-state index >= 15 is 8.78 Å². The number of fused-ring (bicyclic) bond motifs is 5. The van der Waals surface area contributed by atoms with E-state index in [4.69, 9.17) is 9.15 Å².